The van der Waals surface area contributed by atoms with Gasteiger partial charge in [-0.25, -0.2) is 0 Å². The summed E-state index contributed by atoms with van der Waals surface area (Å²) in [5.41, 5.74) is 2.59. The maximum Gasteiger partial charge on any atom is 0.309 e. The molecule has 0 aromatic heterocycles. The van der Waals surface area contributed by atoms with E-state index in [1.165, 1.54) is 13.8 Å². The topological polar surface area (TPSA) is 102 Å². The second kappa shape index (κ2) is 10.9. The molecule has 0 unspecified atom stereocenters. The van der Waals surface area contributed by atoms with Crippen LogP contribution in [0.3, 0.4) is 0 Å². The molecule has 3 aromatic carbocycles. The van der Waals surface area contributed by atoms with E-state index in [0.717, 1.165) is 16.7 Å². The molecule has 1 amide bonds. The van der Waals surface area contributed by atoms with Crippen molar-refractivity contribution in [2.75, 3.05) is 19.5 Å². The molecule has 0 heterocycles. The fourth-order valence-corrected chi connectivity index (χ4v) is 3.55. The number of methoxy groups -OCH3 is 2. The van der Waals surface area contributed by atoms with E-state index >= 15 is 0 Å². The Morgan fingerprint density at radius 1 is 0.857 bits per heavy atom. The number of rotatable bonds is 10. The third-order valence-electron chi connectivity index (χ3n) is 5.74. The number of Topliss-reactive ketones (excluding diaryl/α,β-unsaturated/α-hetero) is 1. The Morgan fingerprint density at radius 3 is 2.00 bits per heavy atom. The lowest BCUT2D eigenvalue weighted by Gasteiger charge is -2.17. The van der Waals surface area contributed by atoms with Crippen LogP contribution in [0.4, 0.5) is 5.69 Å². The molecule has 7 nitrogen and oxygen atoms in total. The van der Waals surface area contributed by atoms with Crippen LogP contribution >= 0.6 is 0 Å². The normalized spacial score (nSPS) is 11.0. The molecular weight excluding hydrogens is 446 g/mol. The van der Waals surface area contributed by atoms with Gasteiger partial charge in [0.1, 0.15) is 11.5 Å². The van der Waals surface area contributed by atoms with Crippen molar-refractivity contribution in [1.29, 1.82) is 0 Å². The molecule has 0 atom stereocenters. The molecule has 3 aromatic rings. The number of carbonyl (C=O) groups excluding carboxylic acids is 2. The summed E-state index contributed by atoms with van der Waals surface area (Å²) >= 11 is 0. The second-order valence-electron chi connectivity index (χ2n) is 8.85. The number of carboxylic acid groups (broad SMARTS) is 1. The minimum Gasteiger partial charge on any atom is -0.497 e. The highest BCUT2D eigenvalue weighted by Crippen LogP contribution is 2.27. The Morgan fingerprint density at radius 2 is 1.46 bits per heavy atom. The third-order valence-corrected chi connectivity index (χ3v) is 5.74. The fourth-order valence-electron chi connectivity index (χ4n) is 3.55. The van der Waals surface area contributed by atoms with Gasteiger partial charge in [0.2, 0.25) is 5.91 Å². The summed E-state index contributed by atoms with van der Waals surface area (Å²) in [5.74, 6) is -0.145. The Balaban J connectivity index is 1.63. The number of hydrogen-bond donors (Lipinski definition) is 2. The van der Waals surface area contributed by atoms with Crippen LogP contribution in [-0.4, -0.2) is 37.0 Å². The molecule has 0 radical (unpaired) electrons. The number of amides is 1. The first-order chi connectivity index (χ1) is 16.6. The van der Waals surface area contributed by atoms with E-state index in [1.54, 1.807) is 44.6 Å². The summed E-state index contributed by atoms with van der Waals surface area (Å²) < 4.78 is 10.5. The van der Waals surface area contributed by atoms with Crippen molar-refractivity contribution in [3.63, 3.8) is 0 Å². The maximum atomic E-state index is 12.5. The van der Waals surface area contributed by atoms with Crippen molar-refractivity contribution in [1.82, 2.24) is 0 Å². The number of ether oxygens (including phenoxy) is 2. The van der Waals surface area contributed by atoms with Gasteiger partial charge in [-0.05, 0) is 43.2 Å². The predicted molar refractivity (Wildman–Crippen MR) is 134 cm³/mol. The lowest BCUT2D eigenvalue weighted by atomic mass is 9.85. The number of hydrogen-bond acceptors (Lipinski definition) is 5. The minimum absolute atomic E-state index is 0.0710. The lowest BCUT2D eigenvalue weighted by molar-refractivity contribution is -0.146. The average molecular weight is 476 g/mol. The quantitative estimate of drug-likeness (QED) is 0.389. The van der Waals surface area contributed by atoms with E-state index in [-0.39, 0.29) is 24.5 Å². The number of aliphatic carboxylic acids is 1. The summed E-state index contributed by atoms with van der Waals surface area (Å²) in [6.07, 6.45) is 0.0849. The van der Waals surface area contributed by atoms with Crippen molar-refractivity contribution in [3.8, 4) is 22.6 Å². The monoisotopic (exact) mass is 475 g/mol. The zero-order valence-electron chi connectivity index (χ0n) is 20.3. The van der Waals surface area contributed by atoms with E-state index in [0.29, 0.717) is 22.7 Å². The van der Waals surface area contributed by atoms with Crippen molar-refractivity contribution >= 4 is 23.3 Å². The SMILES string of the molecule is COc1ccc(CC(=O)Nc2ccc(-c3ccc(C(=O)CC(C)(C)C(=O)O)cc3)cc2)c(OC)c1. The summed E-state index contributed by atoms with van der Waals surface area (Å²) in [4.78, 5) is 36.3. The number of benzene rings is 3. The third kappa shape index (κ3) is 6.47. The van der Waals surface area contributed by atoms with Crippen molar-refractivity contribution in [2.24, 2.45) is 5.41 Å². The maximum absolute atomic E-state index is 12.5. The van der Waals surface area contributed by atoms with Gasteiger partial charge in [0, 0.05) is 29.3 Å². The number of carboxylic acids is 1. The molecule has 0 saturated heterocycles. The standard InChI is InChI=1S/C28H29NO6/c1-28(2,27(32)33)17-24(30)20-7-5-18(6-8-20)19-9-12-22(13-10-19)29-26(31)15-21-11-14-23(34-3)16-25(21)35-4/h5-14,16H,15,17H2,1-4H3,(H,29,31)(H,32,33). The molecular formula is C28H29NO6. The zero-order valence-corrected chi connectivity index (χ0v) is 20.3. The number of carbonyl (C=O) groups is 3. The summed E-state index contributed by atoms with van der Waals surface area (Å²) in [5, 5.41) is 12.1. The van der Waals surface area contributed by atoms with Gasteiger partial charge in [-0.2, -0.15) is 0 Å². The van der Waals surface area contributed by atoms with Gasteiger partial charge in [-0.3, -0.25) is 14.4 Å². The molecule has 0 aliphatic rings. The van der Waals surface area contributed by atoms with Crippen LogP contribution in [0.5, 0.6) is 11.5 Å². The molecule has 182 valence electrons. The van der Waals surface area contributed by atoms with Gasteiger partial charge in [0.05, 0.1) is 26.1 Å². The number of ketones is 1. The Hall–Kier alpha value is -4.13. The van der Waals surface area contributed by atoms with E-state index < -0.39 is 11.4 Å². The summed E-state index contributed by atoms with van der Waals surface area (Å²) in [6.45, 7) is 3.07. The summed E-state index contributed by atoms with van der Waals surface area (Å²) in [7, 11) is 3.12. The largest absolute Gasteiger partial charge is 0.497 e. The van der Waals surface area contributed by atoms with Crippen molar-refractivity contribution in [3.05, 3.63) is 77.9 Å². The van der Waals surface area contributed by atoms with Crippen LogP contribution < -0.4 is 14.8 Å². The Kier molecular flexibility index (Phi) is 7.91. The van der Waals surface area contributed by atoms with E-state index in [4.69, 9.17) is 9.47 Å². The van der Waals surface area contributed by atoms with Crippen LogP contribution in [0.2, 0.25) is 0 Å². The van der Waals surface area contributed by atoms with E-state index in [2.05, 4.69) is 5.32 Å². The second-order valence-corrected chi connectivity index (χ2v) is 8.85. The van der Waals surface area contributed by atoms with Crippen molar-refractivity contribution < 1.29 is 29.0 Å². The first kappa shape index (κ1) is 25.5. The first-order valence-electron chi connectivity index (χ1n) is 11.1. The Bertz CT molecular complexity index is 1210. The average Bonchev–Trinajstić information content (AvgIpc) is 2.84. The van der Waals surface area contributed by atoms with Gasteiger partial charge in [-0.1, -0.05) is 42.5 Å². The molecule has 0 aliphatic carbocycles. The molecule has 2 N–H and O–H groups in total. The van der Waals surface area contributed by atoms with Crippen LogP contribution in [0.1, 0.15) is 36.2 Å². The molecule has 3 rings (SSSR count). The van der Waals surface area contributed by atoms with Gasteiger partial charge in [-0.15, -0.1) is 0 Å². The molecule has 0 saturated carbocycles. The molecule has 0 aliphatic heterocycles. The van der Waals surface area contributed by atoms with Crippen LogP contribution in [0, 0.1) is 5.41 Å². The van der Waals surface area contributed by atoms with Gasteiger partial charge >= 0.3 is 5.97 Å². The predicted octanol–water partition coefficient (Wildman–Crippen LogP) is 5.24. The number of nitrogens with one attached hydrogen (secondary N) is 1. The highest BCUT2D eigenvalue weighted by Gasteiger charge is 2.30. The molecule has 35 heavy (non-hydrogen) atoms. The van der Waals surface area contributed by atoms with Crippen molar-refractivity contribution in [2.45, 2.75) is 26.7 Å². The van der Waals surface area contributed by atoms with Gasteiger partial charge in [0.15, 0.2) is 5.78 Å². The minimum atomic E-state index is -1.12. The van der Waals surface area contributed by atoms with E-state index in [1.807, 2.05) is 36.4 Å². The fraction of sp³-hybridized carbons (Fsp3) is 0.250. The van der Waals surface area contributed by atoms with Gasteiger partial charge < -0.3 is 19.9 Å². The molecule has 7 heteroatoms. The smallest absolute Gasteiger partial charge is 0.309 e. The number of anilines is 1. The van der Waals surface area contributed by atoms with E-state index in [9.17, 15) is 19.5 Å². The summed E-state index contributed by atoms with van der Waals surface area (Å²) in [6, 6.07) is 19.8. The Labute approximate surface area is 204 Å². The molecule has 0 spiro atoms. The van der Waals surface area contributed by atoms with Crippen LogP contribution in [-0.2, 0) is 16.0 Å². The zero-order chi connectivity index (χ0) is 25.6. The van der Waals surface area contributed by atoms with Gasteiger partial charge in [0.25, 0.3) is 0 Å². The highest BCUT2D eigenvalue weighted by molar-refractivity contribution is 5.99. The first-order valence-corrected chi connectivity index (χ1v) is 11.1. The highest BCUT2D eigenvalue weighted by atomic mass is 16.5. The molecule has 0 fully saturated rings. The van der Waals surface area contributed by atoms with Crippen LogP contribution in [0.15, 0.2) is 66.7 Å². The lowest BCUT2D eigenvalue weighted by Crippen LogP contribution is -2.26. The van der Waals surface area contributed by atoms with Crippen LogP contribution in [0.25, 0.3) is 11.1 Å². The molecule has 0 bridgehead atoms.